The number of hydrogen-bond donors (Lipinski definition) is 2. The molecule has 2 aromatic carbocycles. The van der Waals surface area contributed by atoms with Gasteiger partial charge in [-0.3, -0.25) is 4.79 Å². The quantitative estimate of drug-likeness (QED) is 0.823. The van der Waals surface area contributed by atoms with Crippen LogP contribution in [0.5, 0.6) is 23.0 Å². The van der Waals surface area contributed by atoms with E-state index in [1.54, 1.807) is 24.3 Å². The van der Waals surface area contributed by atoms with Crippen molar-refractivity contribution < 1.29 is 29.2 Å². The molecule has 0 saturated carbocycles. The van der Waals surface area contributed by atoms with Gasteiger partial charge in [-0.2, -0.15) is 0 Å². The summed E-state index contributed by atoms with van der Waals surface area (Å²) in [7, 11) is 2.99. The zero-order valence-electron chi connectivity index (χ0n) is 14.6. The van der Waals surface area contributed by atoms with Crippen LogP contribution < -0.4 is 9.47 Å². The summed E-state index contributed by atoms with van der Waals surface area (Å²) in [6.07, 6.45) is 0.557. The molecule has 1 aliphatic carbocycles. The molecule has 2 unspecified atom stereocenters. The van der Waals surface area contributed by atoms with Gasteiger partial charge in [-0.15, -0.1) is 0 Å². The highest BCUT2D eigenvalue weighted by Crippen LogP contribution is 2.50. The smallest absolute Gasteiger partial charge is 0.309 e. The third-order valence-electron chi connectivity index (χ3n) is 5.44. The lowest BCUT2D eigenvalue weighted by molar-refractivity contribution is -0.141. The summed E-state index contributed by atoms with van der Waals surface area (Å²) >= 11 is 0. The molecule has 2 aliphatic rings. The van der Waals surface area contributed by atoms with Crippen molar-refractivity contribution in [2.75, 3.05) is 20.8 Å². The van der Waals surface area contributed by atoms with Gasteiger partial charge in [0.05, 0.1) is 26.7 Å². The van der Waals surface area contributed by atoms with E-state index in [-0.39, 0.29) is 35.2 Å². The van der Waals surface area contributed by atoms with Gasteiger partial charge in [0, 0.05) is 11.8 Å². The molecule has 6 heteroatoms. The number of carbonyl (C=O) groups excluding carboxylic acids is 1. The van der Waals surface area contributed by atoms with Gasteiger partial charge in [0.2, 0.25) is 0 Å². The highest BCUT2D eigenvalue weighted by atomic mass is 16.5. The normalized spacial score (nSPS) is 23.8. The first kappa shape index (κ1) is 16.6. The van der Waals surface area contributed by atoms with Gasteiger partial charge in [-0.25, -0.2) is 0 Å². The fourth-order valence-corrected chi connectivity index (χ4v) is 4.18. The summed E-state index contributed by atoms with van der Waals surface area (Å²) in [4.78, 5) is 12.2. The van der Waals surface area contributed by atoms with E-state index in [0.29, 0.717) is 24.5 Å². The minimum absolute atomic E-state index is 0.0305. The molecule has 1 heterocycles. The molecule has 1 aliphatic heterocycles. The van der Waals surface area contributed by atoms with Crippen LogP contribution in [0.3, 0.4) is 0 Å². The molecule has 1 fully saturated rings. The predicted molar refractivity (Wildman–Crippen MR) is 92.8 cm³/mol. The summed E-state index contributed by atoms with van der Waals surface area (Å²) in [5.74, 6) is 0.263. The Morgan fingerprint density at radius 3 is 2.50 bits per heavy atom. The molecule has 0 radical (unpaired) electrons. The van der Waals surface area contributed by atoms with Gasteiger partial charge in [-0.1, -0.05) is 6.07 Å². The molecule has 4 rings (SSSR count). The zero-order valence-corrected chi connectivity index (χ0v) is 14.6. The number of ether oxygens (including phenoxy) is 3. The second-order valence-corrected chi connectivity index (χ2v) is 6.74. The van der Waals surface area contributed by atoms with Crippen molar-refractivity contribution in [3.8, 4) is 23.0 Å². The minimum atomic E-state index is -0.235. The topological polar surface area (TPSA) is 85.2 Å². The molecule has 0 bridgehead atoms. The van der Waals surface area contributed by atoms with Crippen LogP contribution >= 0.6 is 0 Å². The highest BCUT2D eigenvalue weighted by Gasteiger charge is 2.47. The van der Waals surface area contributed by atoms with E-state index in [0.717, 1.165) is 16.7 Å². The molecular formula is C20H20O6. The summed E-state index contributed by atoms with van der Waals surface area (Å²) < 4.78 is 15.8. The molecule has 0 amide bonds. The summed E-state index contributed by atoms with van der Waals surface area (Å²) in [5.41, 5.74) is 2.80. The van der Waals surface area contributed by atoms with E-state index in [9.17, 15) is 15.0 Å². The predicted octanol–water partition coefficient (Wildman–Crippen LogP) is 2.59. The second kappa shape index (κ2) is 6.12. The fourth-order valence-electron chi connectivity index (χ4n) is 4.18. The molecule has 2 N–H and O–H groups in total. The average Bonchev–Trinajstić information content (AvgIpc) is 3.00. The highest BCUT2D eigenvalue weighted by molar-refractivity contribution is 5.77. The number of benzene rings is 2. The van der Waals surface area contributed by atoms with Crippen molar-refractivity contribution in [1.82, 2.24) is 0 Å². The SMILES string of the molecule is COc1cc(C2c3cc(O)c(OC)cc3C[C@@H]3C(=O)OCC23)ccc1O. The Bertz CT molecular complexity index is 875. The minimum Gasteiger partial charge on any atom is -0.504 e. The largest absolute Gasteiger partial charge is 0.504 e. The molecule has 0 aromatic heterocycles. The van der Waals surface area contributed by atoms with Crippen LogP contribution in [0.2, 0.25) is 0 Å². The number of esters is 1. The second-order valence-electron chi connectivity index (χ2n) is 6.74. The first-order valence-corrected chi connectivity index (χ1v) is 8.46. The van der Waals surface area contributed by atoms with Crippen LogP contribution in [-0.4, -0.2) is 37.0 Å². The molecule has 0 spiro atoms. The number of cyclic esters (lactones) is 1. The number of fused-ring (bicyclic) bond motifs is 2. The lowest BCUT2D eigenvalue weighted by Crippen LogP contribution is -2.31. The number of rotatable bonds is 3. The first-order chi connectivity index (χ1) is 12.5. The van der Waals surface area contributed by atoms with Crippen LogP contribution in [0.25, 0.3) is 0 Å². The Balaban J connectivity index is 1.89. The van der Waals surface area contributed by atoms with Crippen molar-refractivity contribution >= 4 is 5.97 Å². The monoisotopic (exact) mass is 356 g/mol. The number of phenolic OH excluding ortho intramolecular Hbond substituents is 2. The lowest BCUT2D eigenvalue weighted by atomic mass is 9.67. The van der Waals surface area contributed by atoms with E-state index >= 15 is 0 Å². The van der Waals surface area contributed by atoms with E-state index in [1.807, 2.05) is 6.07 Å². The van der Waals surface area contributed by atoms with Crippen molar-refractivity contribution in [3.63, 3.8) is 0 Å². The Kier molecular flexibility index (Phi) is 3.90. The summed E-state index contributed by atoms with van der Waals surface area (Å²) in [5, 5.41) is 20.2. The molecule has 1 saturated heterocycles. The Hall–Kier alpha value is -2.89. The van der Waals surface area contributed by atoms with Crippen molar-refractivity contribution in [1.29, 1.82) is 0 Å². The van der Waals surface area contributed by atoms with Crippen molar-refractivity contribution in [2.45, 2.75) is 12.3 Å². The fraction of sp³-hybridized carbons (Fsp3) is 0.350. The van der Waals surface area contributed by atoms with Gasteiger partial charge in [0.15, 0.2) is 23.0 Å². The average molecular weight is 356 g/mol. The maximum atomic E-state index is 12.2. The van der Waals surface area contributed by atoms with E-state index in [4.69, 9.17) is 14.2 Å². The van der Waals surface area contributed by atoms with Crippen LogP contribution in [0.15, 0.2) is 30.3 Å². The third kappa shape index (κ3) is 2.44. The van der Waals surface area contributed by atoms with Gasteiger partial charge in [0.25, 0.3) is 0 Å². The number of aromatic hydroxyl groups is 2. The van der Waals surface area contributed by atoms with Crippen molar-refractivity contribution in [3.05, 3.63) is 47.0 Å². The molecule has 26 heavy (non-hydrogen) atoms. The van der Waals surface area contributed by atoms with Crippen molar-refractivity contribution in [2.24, 2.45) is 11.8 Å². The van der Waals surface area contributed by atoms with Gasteiger partial charge in [0.1, 0.15) is 0 Å². The van der Waals surface area contributed by atoms with Gasteiger partial charge < -0.3 is 24.4 Å². The lowest BCUT2D eigenvalue weighted by Gasteiger charge is -2.34. The standard InChI is InChI=1S/C20H20O6/c1-24-17-6-10(3-4-15(17)21)19-12-8-16(22)18(25-2)7-11(12)5-13-14(19)9-26-20(13)23/h3-4,6-8,13-14,19,21-22H,5,9H2,1-2H3/t13-,14?,19?/m0/s1. The van der Waals surface area contributed by atoms with Gasteiger partial charge in [-0.05, 0) is 47.4 Å². The van der Waals surface area contributed by atoms with E-state index < -0.39 is 0 Å². The van der Waals surface area contributed by atoms with E-state index in [1.165, 1.54) is 14.2 Å². The number of methoxy groups -OCH3 is 2. The summed E-state index contributed by atoms with van der Waals surface area (Å²) in [6.45, 7) is 0.337. The Morgan fingerprint density at radius 2 is 1.77 bits per heavy atom. The van der Waals surface area contributed by atoms with Gasteiger partial charge >= 0.3 is 5.97 Å². The Morgan fingerprint density at radius 1 is 1.04 bits per heavy atom. The number of phenols is 2. The Labute approximate surface area is 150 Å². The van der Waals surface area contributed by atoms with Crippen LogP contribution in [0.4, 0.5) is 0 Å². The molecule has 3 atom stereocenters. The summed E-state index contributed by atoms with van der Waals surface area (Å²) in [6, 6.07) is 8.67. The van der Waals surface area contributed by atoms with E-state index in [2.05, 4.69) is 0 Å². The van der Waals surface area contributed by atoms with Crippen LogP contribution in [0, 0.1) is 11.8 Å². The number of hydrogen-bond acceptors (Lipinski definition) is 6. The van der Waals surface area contributed by atoms with Crippen LogP contribution in [0.1, 0.15) is 22.6 Å². The number of carbonyl (C=O) groups is 1. The molecular weight excluding hydrogens is 336 g/mol. The van der Waals surface area contributed by atoms with Crippen LogP contribution in [-0.2, 0) is 16.0 Å². The molecule has 136 valence electrons. The third-order valence-corrected chi connectivity index (χ3v) is 5.44. The maximum Gasteiger partial charge on any atom is 0.309 e. The molecule has 2 aromatic rings. The maximum absolute atomic E-state index is 12.2. The zero-order chi connectivity index (χ0) is 18.4. The first-order valence-electron chi connectivity index (χ1n) is 8.46. The molecule has 6 nitrogen and oxygen atoms in total.